The molecule has 0 aliphatic carbocycles. The van der Waals surface area contributed by atoms with Gasteiger partial charge in [0.15, 0.2) is 0 Å². The van der Waals surface area contributed by atoms with Crippen LogP contribution in [0.4, 0.5) is 0 Å². The molecule has 0 spiro atoms. The lowest BCUT2D eigenvalue weighted by Crippen LogP contribution is -2.57. The summed E-state index contributed by atoms with van der Waals surface area (Å²) in [5.41, 5.74) is 2.04. The van der Waals surface area contributed by atoms with Crippen LogP contribution in [0.15, 0.2) is 54.9 Å². The third-order valence-corrected chi connectivity index (χ3v) is 4.52. The number of rotatable bonds is 3. The second kappa shape index (κ2) is 6.92. The van der Waals surface area contributed by atoms with Crippen LogP contribution in [-0.4, -0.2) is 45.9 Å². The number of carbonyl (C=O) groups is 1. The highest BCUT2D eigenvalue weighted by Crippen LogP contribution is 2.20. The lowest BCUT2D eigenvalue weighted by molar-refractivity contribution is 0.0269. The summed E-state index contributed by atoms with van der Waals surface area (Å²) in [5, 5.41) is 0. The summed E-state index contributed by atoms with van der Waals surface area (Å²) < 4.78 is 0. The maximum absolute atomic E-state index is 12.6. The highest BCUT2D eigenvalue weighted by atomic mass is 16.2. The van der Waals surface area contributed by atoms with Gasteiger partial charge in [0.1, 0.15) is 0 Å². The summed E-state index contributed by atoms with van der Waals surface area (Å²) in [7, 11) is 0. The van der Waals surface area contributed by atoms with Crippen molar-refractivity contribution in [2.45, 2.75) is 32.5 Å². The number of aromatic nitrogens is 1. The van der Waals surface area contributed by atoms with Crippen LogP contribution in [-0.2, 0) is 6.54 Å². The highest BCUT2D eigenvalue weighted by Gasteiger charge is 2.32. The fraction of sp³-hybridized carbons (Fsp3) is 0.368. The van der Waals surface area contributed by atoms with Crippen molar-refractivity contribution in [3.63, 3.8) is 0 Å². The van der Waals surface area contributed by atoms with Gasteiger partial charge in [-0.3, -0.25) is 14.7 Å². The van der Waals surface area contributed by atoms with Crippen molar-refractivity contribution in [1.29, 1.82) is 0 Å². The van der Waals surface area contributed by atoms with E-state index in [1.165, 1.54) is 5.56 Å². The maximum Gasteiger partial charge on any atom is 0.254 e. The Morgan fingerprint density at radius 2 is 1.65 bits per heavy atom. The standard InChI is InChI=1S/C19H23N3O/c1-15-12-21(19(23)18-8-10-20-11-9-18)13-16(2)22(15)14-17-6-4-3-5-7-17/h3-11,15-16H,12-14H2,1-2H3. The predicted octanol–water partition coefficient (Wildman–Crippen LogP) is 2.82. The highest BCUT2D eigenvalue weighted by molar-refractivity contribution is 5.94. The summed E-state index contributed by atoms with van der Waals surface area (Å²) in [5.74, 6) is 0.102. The predicted molar refractivity (Wildman–Crippen MR) is 91.0 cm³/mol. The van der Waals surface area contributed by atoms with Crippen LogP contribution in [0.3, 0.4) is 0 Å². The van der Waals surface area contributed by atoms with Crippen LogP contribution < -0.4 is 0 Å². The smallest absolute Gasteiger partial charge is 0.254 e. The molecule has 0 saturated carbocycles. The molecule has 0 radical (unpaired) electrons. The first-order chi connectivity index (χ1) is 11.1. The van der Waals surface area contributed by atoms with Gasteiger partial charge >= 0.3 is 0 Å². The monoisotopic (exact) mass is 309 g/mol. The van der Waals surface area contributed by atoms with Gasteiger partial charge in [-0.2, -0.15) is 0 Å². The molecule has 2 atom stereocenters. The minimum Gasteiger partial charge on any atom is -0.336 e. The van der Waals surface area contributed by atoms with E-state index in [2.05, 4.69) is 48.0 Å². The van der Waals surface area contributed by atoms with E-state index in [1.54, 1.807) is 24.5 Å². The van der Waals surface area contributed by atoms with Crippen LogP contribution in [0.2, 0.25) is 0 Å². The van der Waals surface area contributed by atoms with Crippen molar-refractivity contribution in [3.05, 3.63) is 66.0 Å². The van der Waals surface area contributed by atoms with Crippen molar-refractivity contribution in [1.82, 2.24) is 14.8 Å². The molecule has 3 rings (SSSR count). The van der Waals surface area contributed by atoms with E-state index >= 15 is 0 Å². The Labute approximate surface area is 137 Å². The van der Waals surface area contributed by atoms with Crippen molar-refractivity contribution in [2.24, 2.45) is 0 Å². The van der Waals surface area contributed by atoms with E-state index in [1.807, 2.05) is 11.0 Å². The van der Waals surface area contributed by atoms with Crippen molar-refractivity contribution in [3.8, 4) is 0 Å². The van der Waals surface area contributed by atoms with Gasteiger partial charge in [0, 0.05) is 49.7 Å². The Balaban J connectivity index is 1.68. The van der Waals surface area contributed by atoms with E-state index in [0.717, 1.165) is 25.2 Å². The molecular formula is C19H23N3O. The normalized spacial score (nSPS) is 22.1. The zero-order valence-corrected chi connectivity index (χ0v) is 13.7. The molecular weight excluding hydrogens is 286 g/mol. The van der Waals surface area contributed by atoms with Gasteiger partial charge in [-0.25, -0.2) is 0 Å². The molecule has 1 fully saturated rings. The molecule has 2 aromatic rings. The van der Waals surface area contributed by atoms with E-state index in [0.29, 0.717) is 12.1 Å². The fourth-order valence-electron chi connectivity index (χ4n) is 3.31. The number of benzene rings is 1. The Hall–Kier alpha value is -2.20. The van der Waals surface area contributed by atoms with E-state index in [-0.39, 0.29) is 5.91 Å². The third-order valence-electron chi connectivity index (χ3n) is 4.52. The van der Waals surface area contributed by atoms with Gasteiger partial charge in [0.25, 0.3) is 5.91 Å². The van der Waals surface area contributed by atoms with Gasteiger partial charge in [0.05, 0.1) is 0 Å². The van der Waals surface area contributed by atoms with Crippen molar-refractivity contribution in [2.75, 3.05) is 13.1 Å². The molecule has 0 N–H and O–H groups in total. The molecule has 2 unspecified atom stereocenters. The Bertz CT molecular complexity index is 632. The van der Waals surface area contributed by atoms with Crippen LogP contribution in [0, 0.1) is 0 Å². The number of piperazine rings is 1. The molecule has 1 aromatic carbocycles. The largest absolute Gasteiger partial charge is 0.336 e. The van der Waals surface area contributed by atoms with E-state index in [4.69, 9.17) is 0 Å². The molecule has 1 aliphatic rings. The second-order valence-electron chi connectivity index (χ2n) is 6.30. The van der Waals surface area contributed by atoms with Gasteiger partial charge in [-0.05, 0) is 31.5 Å². The summed E-state index contributed by atoms with van der Waals surface area (Å²) in [6.07, 6.45) is 3.34. The number of amides is 1. The maximum atomic E-state index is 12.6. The molecule has 23 heavy (non-hydrogen) atoms. The molecule has 120 valence electrons. The SMILES string of the molecule is CC1CN(C(=O)c2ccncc2)CC(C)N1Cc1ccccc1. The second-order valence-corrected chi connectivity index (χ2v) is 6.30. The minimum absolute atomic E-state index is 0.102. The molecule has 2 heterocycles. The molecule has 4 heteroatoms. The zero-order chi connectivity index (χ0) is 16.2. The van der Waals surface area contributed by atoms with Crippen molar-refractivity contribution < 1.29 is 4.79 Å². The first kappa shape index (κ1) is 15.7. The zero-order valence-electron chi connectivity index (χ0n) is 13.7. The van der Waals surface area contributed by atoms with Crippen LogP contribution in [0.5, 0.6) is 0 Å². The first-order valence-corrected chi connectivity index (χ1v) is 8.14. The summed E-state index contributed by atoms with van der Waals surface area (Å²) in [6.45, 7) is 6.86. The molecule has 4 nitrogen and oxygen atoms in total. The van der Waals surface area contributed by atoms with E-state index < -0.39 is 0 Å². The van der Waals surface area contributed by atoms with Crippen LogP contribution >= 0.6 is 0 Å². The number of carbonyl (C=O) groups excluding carboxylic acids is 1. The van der Waals surface area contributed by atoms with Gasteiger partial charge in [-0.15, -0.1) is 0 Å². The summed E-state index contributed by atoms with van der Waals surface area (Å²) in [6, 6.07) is 14.8. The fourth-order valence-corrected chi connectivity index (χ4v) is 3.31. The minimum atomic E-state index is 0.102. The number of nitrogens with zero attached hydrogens (tertiary/aromatic N) is 3. The molecule has 1 aliphatic heterocycles. The third kappa shape index (κ3) is 3.59. The molecule has 0 bridgehead atoms. The number of hydrogen-bond donors (Lipinski definition) is 0. The van der Waals surface area contributed by atoms with Gasteiger partial charge in [0.2, 0.25) is 0 Å². The topological polar surface area (TPSA) is 36.4 Å². The van der Waals surface area contributed by atoms with Crippen LogP contribution in [0.1, 0.15) is 29.8 Å². The average Bonchev–Trinajstić information content (AvgIpc) is 2.59. The molecule has 1 aromatic heterocycles. The summed E-state index contributed by atoms with van der Waals surface area (Å²) >= 11 is 0. The summed E-state index contributed by atoms with van der Waals surface area (Å²) in [4.78, 5) is 21.1. The van der Waals surface area contributed by atoms with Crippen molar-refractivity contribution >= 4 is 5.91 Å². The average molecular weight is 309 g/mol. The first-order valence-electron chi connectivity index (χ1n) is 8.14. The lowest BCUT2D eigenvalue weighted by Gasteiger charge is -2.44. The molecule has 1 saturated heterocycles. The number of pyridine rings is 1. The van der Waals surface area contributed by atoms with E-state index in [9.17, 15) is 4.79 Å². The molecule has 1 amide bonds. The quantitative estimate of drug-likeness (QED) is 0.875. The Morgan fingerprint density at radius 1 is 1.04 bits per heavy atom. The van der Waals surface area contributed by atoms with Crippen LogP contribution in [0.25, 0.3) is 0 Å². The Morgan fingerprint density at radius 3 is 2.26 bits per heavy atom. The van der Waals surface area contributed by atoms with Gasteiger partial charge < -0.3 is 4.90 Å². The number of hydrogen-bond acceptors (Lipinski definition) is 3. The lowest BCUT2D eigenvalue weighted by atomic mass is 10.0. The Kier molecular flexibility index (Phi) is 4.72. The van der Waals surface area contributed by atoms with Gasteiger partial charge in [-0.1, -0.05) is 30.3 Å².